The molecule has 10 atom stereocenters. The minimum atomic E-state index is -0.116. The number of allylic oxidation sites excluding steroid dienone is 1. The first kappa shape index (κ1) is 30.2. The average Bonchev–Trinajstić information content (AvgIpc) is 3.42. The minimum absolute atomic E-state index is 0.0633. The summed E-state index contributed by atoms with van der Waals surface area (Å²) in [5.41, 5.74) is 14.8. The summed E-state index contributed by atoms with van der Waals surface area (Å²) >= 11 is 0. The molecule has 230 valence electrons. The maximum Gasteiger partial charge on any atom is 0.0625 e. The molecule has 5 aliphatic rings. The van der Waals surface area contributed by atoms with Crippen LogP contribution in [-0.2, 0) is 11.2 Å². The molecule has 0 aromatic heterocycles. The van der Waals surface area contributed by atoms with Crippen molar-refractivity contribution in [3.63, 3.8) is 0 Å². The first-order valence-electron chi connectivity index (χ1n) is 17.1. The van der Waals surface area contributed by atoms with Crippen molar-refractivity contribution >= 4 is 0 Å². The summed E-state index contributed by atoms with van der Waals surface area (Å²) < 4.78 is 6.08. The van der Waals surface area contributed by atoms with E-state index in [2.05, 4.69) is 88.3 Å². The molecule has 0 saturated heterocycles. The monoisotopic (exact) mass is 570 g/mol. The summed E-state index contributed by atoms with van der Waals surface area (Å²) in [6.07, 6.45) is 17.1. The number of methoxy groups -OCH3 is 1. The van der Waals surface area contributed by atoms with E-state index in [1.807, 2.05) is 7.11 Å². The summed E-state index contributed by atoms with van der Waals surface area (Å²) in [6.45, 7) is 18.8. The summed E-state index contributed by atoms with van der Waals surface area (Å²) in [5, 5.41) is 3.93. The van der Waals surface area contributed by atoms with Crippen molar-refractivity contribution in [1.29, 1.82) is 0 Å². The lowest BCUT2D eigenvalue weighted by Gasteiger charge is -2.71. The van der Waals surface area contributed by atoms with Gasteiger partial charge in [0, 0.05) is 24.1 Å². The molecular weight excluding hydrogens is 512 g/mol. The Bertz CT molecular complexity index is 1220. The summed E-state index contributed by atoms with van der Waals surface area (Å²) in [6, 6.07) is 10.9. The number of rotatable bonds is 7. The van der Waals surface area contributed by atoms with E-state index >= 15 is 0 Å². The third-order valence-corrected chi connectivity index (χ3v) is 14.5. The second-order valence-corrected chi connectivity index (χ2v) is 16.3. The minimum Gasteiger partial charge on any atom is -0.381 e. The molecule has 0 amide bonds. The van der Waals surface area contributed by atoms with E-state index in [-0.39, 0.29) is 22.4 Å². The van der Waals surface area contributed by atoms with Crippen molar-refractivity contribution in [2.24, 2.45) is 51.1 Å². The number of ether oxygens (including phenoxy) is 1. The number of hydrogen-bond acceptors (Lipinski definition) is 3. The zero-order chi connectivity index (χ0) is 30.0. The molecule has 3 N–H and O–H groups in total. The highest BCUT2D eigenvalue weighted by molar-refractivity contribution is 5.28. The van der Waals surface area contributed by atoms with Crippen LogP contribution in [0.25, 0.3) is 0 Å². The van der Waals surface area contributed by atoms with Crippen LogP contribution in [0.5, 0.6) is 0 Å². The van der Waals surface area contributed by atoms with Crippen molar-refractivity contribution in [3.05, 3.63) is 66.6 Å². The van der Waals surface area contributed by atoms with Gasteiger partial charge in [-0.05, 0) is 116 Å². The van der Waals surface area contributed by atoms with E-state index in [0.29, 0.717) is 28.8 Å². The van der Waals surface area contributed by atoms with E-state index in [9.17, 15) is 0 Å². The highest BCUT2D eigenvalue weighted by atomic mass is 16.5. The molecule has 3 heteroatoms. The van der Waals surface area contributed by atoms with E-state index in [0.717, 1.165) is 18.3 Å². The third-order valence-electron chi connectivity index (χ3n) is 14.5. The zero-order valence-electron chi connectivity index (χ0n) is 27.3. The fourth-order valence-corrected chi connectivity index (χ4v) is 12.9. The molecule has 0 bridgehead atoms. The molecule has 0 radical (unpaired) electrons. The quantitative estimate of drug-likeness (QED) is 0.255. The fourth-order valence-electron chi connectivity index (χ4n) is 12.9. The van der Waals surface area contributed by atoms with E-state index in [1.54, 1.807) is 0 Å². The third kappa shape index (κ3) is 4.28. The standard InChI is InChI=1S/C39H58N2O/c1-8-28(26-27-14-11-10-12-15-27)41-33(9-2)38-21-13-16-32(38)39(40)25-19-30-36(5)23-20-34(42-7)35(3,4)29(36)17-22-37(30,6)31(39)18-24-38/h8,10-12,14-15,28-32,34,41H,1-2,13,16-26,40H2,3-7H3. The largest absolute Gasteiger partial charge is 0.381 e. The van der Waals surface area contributed by atoms with Crippen LogP contribution in [0.1, 0.15) is 104 Å². The van der Waals surface area contributed by atoms with Gasteiger partial charge in [0.05, 0.1) is 11.8 Å². The van der Waals surface area contributed by atoms with E-state index < -0.39 is 0 Å². The predicted octanol–water partition coefficient (Wildman–Crippen LogP) is 8.60. The molecule has 6 rings (SSSR count). The Labute approximate surface area is 256 Å². The Kier molecular flexibility index (Phi) is 7.69. The normalized spacial score (nSPS) is 44.4. The lowest BCUT2D eigenvalue weighted by Crippen LogP contribution is -2.71. The van der Waals surface area contributed by atoms with Crippen molar-refractivity contribution in [1.82, 2.24) is 5.32 Å². The first-order chi connectivity index (χ1) is 20.0. The van der Waals surface area contributed by atoms with Crippen LogP contribution in [0.3, 0.4) is 0 Å². The van der Waals surface area contributed by atoms with Gasteiger partial charge in [-0.3, -0.25) is 0 Å². The summed E-state index contributed by atoms with van der Waals surface area (Å²) in [4.78, 5) is 0. The van der Waals surface area contributed by atoms with Crippen molar-refractivity contribution in [2.45, 2.75) is 122 Å². The van der Waals surface area contributed by atoms with Crippen LogP contribution in [0.15, 0.2) is 61.0 Å². The van der Waals surface area contributed by atoms with Gasteiger partial charge in [-0.15, -0.1) is 12.3 Å². The van der Waals surface area contributed by atoms with Gasteiger partial charge in [-0.2, -0.15) is 0 Å². The van der Waals surface area contributed by atoms with Crippen molar-refractivity contribution in [2.75, 3.05) is 7.11 Å². The van der Waals surface area contributed by atoms with Crippen LogP contribution in [0, 0.1) is 45.3 Å². The van der Waals surface area contributed by atoms with Crippen molar-refractivity contribution in [3.8, 4) is 0 Å². The van der Waals surface area contributed by atoms with Gasteiger partial charge in [0.2, 0.25) is 0 Å². The number of benzene rings is 1. The topological polar surface area (TPSA) is 47.3 Å². The van der Waals surface area contributed by atoms with Gasteiger partial charge in [0.1, 0.15) is 0 Å². The maximum absolute atomic E-state index is 7.88. The summed E-state index contributed by atoms with van der Waals surface area (Å²) in [5.74, 6) is 2.55. The van der Waals surface area contributed by atoms with E-state index in [4.69, 9.17) is 10.5 Å². The van der Waals surface area contributed by atoms with Gasteiger partial charge in [-0.1, -0.05) is 77.1 Å². The molecule has 0 spiro atoms. The van der Waals surface area contributed by atoms with E-state index in [1.165, 1.54) is 81.9 Å². The lowest BCUT2D eigenvalue weighted by atomic mass is 9.35. The number of nitrogens with one attached hydrogen (secondary N) is 1. The van der Waals surface area contributed by atoms with Crippen LogP contribution in [0.2, 0.25) is 0 Å². The number of fused-ring (bicyclic) bond motifs is 7. The molecule has 5 fully saturated rings. The smallest absolute Gasteiger partial charge is 0.0625 e. The van der Waals surface area contributed by atoms with Gasteiger partial charge in [-0.25, -0.2) is 0 Å². The van der Waals surface area contributed by atoms with Crippen LogP contribution >= 0.6 is 0 Å². The first-order valence-corrected chi connectivity index (χ1v) is 17.1. The average molecular weight is 571 g/mol. The Morgan fingerprint density at radius 1 is 0.929 bits per heavy atom. The van der Waals surface area contributed by atoms with Gasteiger partial charge in [0.15, 0.2) is 0 Å². The molecule has 3 nitrogen and oxygen atoms in total. The van der Waals surface area contributed by atoms with Crippen LogP contribution in [-0.4, -0.2) is 24.8 Å². The second-order valence-electron chi connectivity index (χ2n) is 16.3. The Balaban J connectivity index is 1.28. The number of nitrogens with two attached hydrogens (primary N) is 1. The SMILES string of the molecule is C=C=C(NC(C=C)Cc1ccccc1)C12CCCC1C1(N)CCC3C4(C)CCC(OC)C(C)(C)C4CCC3(C)C1CC2. The van der Waals surface area contributed by atoms with Crippen LogP contribution in [0.4, 0.5) is 0 Å². The molecule has 0 heterocycles. The molecule has 5 saturated carbocycles. The Morgan fingerprint density at radius 2 is 1.60 bits per heavy atom. The maximum atomic E-state index is 7.88. The van der Waals surface area contributed by atoms with Gasteiger partial charge < -0.3 is 15.8 Å². The van der Waals surface area contributed by atoms with Gasteiger partial charge >= 0.3 is 0 Å². The molecular formula is C39H58N2O. The predicted molar refractivity (Wildman–Crippen MR) is 175 cm³/mol. The fraction of sp³-hybridized carbons (Fsp3) is 0.718. The zero-order valence-corrected chi connectivity index (χ0v) is 27.3. The molecule has 1 aromatic rings. The highest BCUT2D eigenvalue weighted by Crippen LogP contribution is 2.74. The summed E-state index contributed by atoms with van der Waals surface area (Å²) in [7, 11) is 1.93. The van der Waals surface area contributed by atoms with Crippen molar-refractivity contribution < 1.29 is 4.74 Å². The number of hydrogen-bond donors (Lipinski definition) is 2. The van der Waals surface area contributed by atoms with Crippen LogP contribution < -0.4 is 11.1 Å². The molecule has 1 aromatic carbocycles. The molecule has 5 aliphatic carbocycles. The Morgan fingerprint density at radius 3 is 2.29 bits per heavy atom. The Hall–Kier alpha value is -1.80. The van der Waals surface area contributed by atoms with Gasteiger partial charge in [0.25, 0.3) is 0 Å². The highest BCUT2D eigenvalue weighted by Gasteiger charge is 2.70. The second kappa shape index (κ2) is 10.7. The molecule has 42 heavy (non-hydrogen) atoms. The molecule has 10 unspecified atom stereocenters. The molecule has 0 aliphatic heterocycles. The lowest BCUT2D eigenvalue weighted by molar-refractivity contribution is -0.220.